The van der Waals surface area contributed by atoms with Crippen LogP contribution in [0.2, 0.25) is 0 Å². The third-order valence-corrected chi connectivity index (χ3v) is 3.73. The van der Waals surface area contributed by atoms with Crippen LogP contribution in [0.4, 0.5) is 5.82 Å². The average molecular weight is 257 g/mol. The third kappa shape index (κ3) is 2.64. The Labute approximate surface area is 111 Å². The maximum atomic E-state index is 4.33. The van der Waals surface area contributed by atoms with Gasteiger partial charge in [0.25, 0.3) is 0 Å². The van der Waals surface area contributed by atoms with Crippen molar-refractivity contribution in [2.24, 2.45) is 0 Å². The van der Waals surface area contributed by atoms with Crippen molar-refractivity contribution in [2.75, 3.05) is 11.6 Å². The summed E-state index contributed by atoms with van der Waals surface area (Å²) in [6, 6.07) is 11.1. The Morgan fingerprint density at radius 2 is 1.94 bits per heavy atom. The van der Waals surface area contributed by atoms with Crippen LogP contribution in [-0.2, 0) is 0 Å². The van der Waals surface area contributed by atoms with Gasteiger partial charge in [0.2, 0.25) is 0 Å². The molecule has 3 rings (SSSR count). The molecule has 92 valence electrons. The van der Waals surface area contributed by atoms with Gasteiger partial charge in [0, 0.05) is 22.6 Å². The van der Waals surface area contributed by atoms with E-state index in [0.717, 1.165) is 17.1 Å². The molecule has 0 unspecified atom stereocenters. The molecule has 0 radical (unpaired) electrons. The quantitative estimate of drug-likeness (QED) is 0.851. The first-order valence-electron chi connectivity index (χ1n) is 6.08. The second-order valence-corrected chi connectivity index (χ2v) is 5.32. The van der Waals surface area contributed by atoms with Crippen molar-refractivity contribution in [1.29, 1.82) is 0 Å². The second-order valence-electron chi connectivity index (χ2n) is 4.44. The molecule has 1 fully saturated rings. The number of rotatable bonds is 4. The Bertz CT molecular complexity index is 535. The normalized spacial score (nSPS) is 14.5. The molecule has 0 amide bonds. The second kappa shape index (κ2) is 4.98. The standard InChI is InChI=1S/C14H15N3S/c1-18-12-6-2-10(3-7-12)13-8-14(16-9-15-13)17-11-4-5-11/h2-3,6-9,11H,4-5H2,1H3,(H,15,16,17). The number of aromatic nitrogens is 2. The summed E-state index contributed by atoms with van der Waals surface area (Å²) in [6.07, 6.45) is 6.21. The van der Waals surface area contributed by atoms with E-state index in [-0.39, 0.29) is 0 Å². The van der Waals surface area contributed by atoms with Gasteiger partial charge in [0.05, 0.1) is 5.69 Å². The van der Waals surface area contributed by atoms with E-state index in [9.17, 15) is 0 Å². The zero-order valence-electron chi connectivity index (χ0n) is 10.3. The van der Waals surface area contributed by atoms with Crippen LogP contribution in [0.15, 0.2) is 41.6 Å². The number of nitrogens with one attached hydrogen (secondary N) is 1. The van der Waals surface area contributed by atoms with Gasteiger partial charge in [-0.25, -0.2) is 9.97 Å². The van der Waals surface area contributed by atoms with Crippen molar-refractivity contribution in [2.45, 2.75) is 23.8 Å². The van der Waals surface area contributed by atoms with Crippen LogP contribution >= 0.6 is 11.8 Å². The van der Waals surface area contributed by atoms with Gasteiger partial charge >= 0.3 is 0 Å². The largest absolute Gasteiger partial charge is 0.367 e. The zero-order chi connectivity index (χ0) is 12.4. The Morgan fingerprint density at radius 3 is 2.61 bits per heavy atom. The Balaban J connectivity index is 1.84. The van der Waals surface area contributed by atoms with Crippen molar-refractivity contribution in [1.82, 2.24) is 9.97 Å². The van der Waals surface area contributed by atoms with Gasteiger partial charge in [0.15, 0.2) is 0 Å². The summed E-state index contributed by atoms with van der Waals surface area (Å²) in [5, 5.41) is 3.39. The van der Waals surface area contributed by atoms with E-state index in [1.54, 1.807) is 18.1 Å². The summed E-state index contributed by atoms with van der Waals surface area (Å²) >= 11 is 1.75. The molecule has 1 aromatic carbocycles. The topological polar surface area (TPSA) is 37.8 Å². The first-order valence-corrected chi connectivity index (χ1v) is 7.30. The van der Waals surface area contributed by atoms with E-state index < -0.39 is 0 Å². The Kier molecular flexibility index (Phi) is 3.19. The van der Waals surface area contributed by atoms with Crippen LogP contribution in [0.5, 0.6) is 0 Å². The first-order chi connectivity index (χ1) is 8.85. The molecule has 3 nitrogen and oxygen atoms in total. The monoisotopic (exact) mass is 257 g/mol. The van der Waals surface area contributed by atoms with E-state index >= 15 is 0 Å². The van der Waals surface area contributed by atoms with Crippen molar-refractivity contribution in [3.8, 4) is 11.3 Å². The summed E-state index contributed by atoms with van der Waals surface area (Å²) in [4.78, 5) is 9.86. The fourth-order valence-electron chi connectivity index (χ4n) is 1.79. The minimum absolute atomic E-state index is 0.617. The molecule has 2 aromatic rings. The van der Waals surface area contributed by atoms with Crippen molar-refractivity contribution >= 4 is 17.6 Å². The van der Waals surface area contributed by atoms with Gasteiger partial charge < -0.3 is 5.32 Å². The SMILES string of the molecule is CSc1ccc(-c2cc(NC3CC3)ncn2)cc1. The highest BCUT2D eigenvalue weighted by Crippen LogP contribution is 2.26. The molecule has 4 heteroatoms. The predicted octanol–water partition coefficient (Wildman–Crippen LogP) is 3.44. The lowest BCUT2D eigenvalue weighted by Gasteiger charge is -2.06. The maximum absolute atomic E-state index is 4.33. The zero-order valence-corrected chi connectivity index (χ0v) is 11.1. The summed E-state index contributed by atoms with van der Waals surface area (Å²) in [5.41, 5.74) is 2.11. The molecular formula is C14H15N3S. The minimum Gasteiger partial charge on any atom is -0.367 e. The first kappa shape index (κ1) is 11.5. The number of benzene rings is 1. The minimum atomic E-state index is 0.617. The average Bonchev–Trinajstić information content (AvgIpc) is 3.23. The van der Waals surface area contributed by atoms with Crippen LogP contribution in [0.25, 0.3) is 11.3 Å². The van der Waals surface area contributed by atoms with Crippen LogP contribution in [0, 0.1) is 0 Å². The lowest BCUT2D eigenvalue weighted by atomic mass is 10.1. The fraction of sp³-hybridized carbons (Fsp3) is 0.286. The Morgan fingerprint density at radius 1 is 1.17 bits per heavy atom. The van der Waals surface area contributed by atoms with Gasteiger partial charge in [-0.1, -0.05) is 12.1 Å². The molecule has 0 atom stereocenters. The molecular weight excluding hydrogens is 242 g/mol. The molecule has 18 heavy (non-hydrogen) atoms. The summed E-state index contributed by atoms with van der Waals surface area (Å²) < 4.78 is 0. The fourth-order valence-corrected chi connectivity index (χ4v) is 2.20. The van der Waals surface area contributed by atoms with E-state index in [0.29, 0.717) is 6.04 Å². The van der Waals surface area contributed by atoms with Gasteiger partial charge in [0.1, 0.15) is 12.1 Å². The molecule has 1 aromatic heterocycles. The Hall–Kier alpha value is -1.55. The number of anilines is 1. The van der Waals surface area contributed by atoms with E-state index in [1.807, 2.05) is 6.07 Å². The smallest absolute Gasteiger partial charge is 0.130 e. The lowest BCUT2D eigenvalue weighted by Crippen LogP contribution is -2.03. The van der Waals surface area contributed by atoms with Gasteiger partial charge in [-0.3, -0.25) is 0 Å². The third-order valence-electron chi connectivity index (χ3n) is 2.98. The van der Waals surface area contributed by atoms with Crippen LogP contribution < -0.4 is 5.32 Å². The van der Waals surface area contributed by atoms with Crippen LogP contribution in [0.1, 0.15) is 12.8 Å². The van der Waals surface area contributed by atoms with Crippen molar-refractivity contribution in [3.63, 3.8) is 0 Å². The van der Waals surface area contributed by atoms with Crippen LogP contribution in [0.3, 0.4) is 0 Å². The van der Waals surface area contributed by atoms with Gasteiger partial charge in [-0.2, -0.15) is 0 Å². The van der Waals surface area contributed by atoms with E-state index in [4.69, 9.17) is 0 Å². The van der Waals surface area contributed by atoms with Crippen LogP contribution in [-0.4, -0.2) is 22.3 Å². The number of thioether (sulfide) groups is 1. The summed E-state index contributed by atoms with van der Waals surface area (Å²) in [5.74, 6) is 0.927. The molecule has 1 aliphatic rings. The highest BCUT2D eigenvalue weighted by atomic mass is 32.2. The maximum Gasteiger partial charge on any atom is 0.130 e. The number of nitrogens with zero attached hydrogens (tertiary/aromatic N) is 2. The number of hydrogen-bond donors (Lipinski definition) is 1. The molecule has 1 aliphatic carbocycles. The molecule has 0 aliphatic heterocycles. The molecule has 1 saturated carbocycles. The summed E-state index contributed by atoms with van der Waals surface area (Å²) in [7, 11) is 0. The molecule has 0 bridgehead atoms. The molecule has 1 heterocycles. The highest BCUT2D eigenvalue weighted by Gasteiger charge is 2.21. The highest BCUT2D eigenvalue weighted by molar-refractivity contribution is 7.98. The van der Waals surface area contributed by atoms with E-state index in [1.165, 1.54) is 17.7 Å². The summed E-state index contributed by atoms with van der Waals surface area (Å²) in [6.45, 7) is 0. The predicted molar refractivity (Wildman–Crippen MR) is 75.9 cm³/mol. The van der Waals surface area contributed by atoms with Crippen molar-refractivity contribution in [3.05, 3.63) is 36.7 Å². The molecule has 1 N–H and O–H groups in total. The van der Waals surface area contributed by atoms with E-state index in [2.05, 4.69) is 45.8 Å². The molecule has 0 spiro atoms. The van der Waals surface area contributed by atoms with Gasteiger partial charge in [-0.05, 0) is 31.2 Å². The van der Waals surface area contributed by atoms with Gasteiger partial charge in [-0.15, -0.1) is 11.8 Å². The van der Waals surface area contributed by atoms with Crippen molar-refractivity contribution < 1.29 is 0 Å². The lowest BCUT2D eigenvalue weighted by molar-refractivity contribution is 1.08. The number of hydrogen-bond acceptors (Lipinski definition) is 4. The molecule has 0 saturated heterocycles.